The zero-order chi connectivity index (χ0) is 16.1. The molecule has 0 N–H and O–H groups in total. The van der Waals surface area contributed by atoms with Crippen molar-refractivity contribution in [2.75, 3.05) is 0 Å². The van der Waals surface area contributed by atoms with Crippen molar-refractivity contribution >= 4 is 17.1 Å². The lowest BCUT2D eigenvalue weighted by atomic mass is 9.86. The molecule has 2 aromatic heterocycles. The number of pyridine rings is 2. The fourth-order valence-electron chi connectivity index (χ4n) is 3.84. The molecule has 3 nitrogen and oxygen atoms in total. The van der Waals surface area contributed by atoms with Crippen molar-refractivity contribution in [1.29, 1.82) is 0 Å². The summed E-state index contributed by atoms with van der Waals surface area (Å²) in [7, 11) is 0. The van der Waals surface area contributed by atoms with Gasteiger partial charge in [0.05, 0.1) is 5.69 Å². The molecule has 1 atom stereocenters. The topological polar surface area (TPSA) is 38.1 Å². The Morgan fingerprint density at radius 2 is 2.04 bits per heavy atom. The van der Waals surface area contributed by atoms with Gasteiger partial charge in [-0.3, -0.25) is 4.98 Å². The Morgan fingerprint density at radius 1 is 1.22 bits per heavy atom. The predicted octanol–water partition coefficient (Wildman–Crippen LogP) is 4.86. The Bertz CT molecular complexity index is 865. The van der Waals surface area contributed by atoms with Crippen LogP contribution in [-0.4, -0.2) is 15.7 Å². The number of hydrogen-bond donors (Lipinski definition) is 0. The highest BCUT2D eigenvalue weighted by Crippen LogP contribution is 2.41. The van der Waals surface area contributed by atoms with E-state index in [1.54, 1.807) is 0 Å². The highest BCUT2D eigenvalue weighted by molar-refractivity contribution is 5.96. The van der Waals surface area contributed by atoms with Crippen LogP contribution in [0.15, 0.2) is 35.5 Å². The molecular weight excluding hydrogens is 282 g/mol. The quantitative estimate of drug-likeness (QED) is 0.794. The van der Waals surface area contributed by atoms with Gasteiger partial charge in [0.2, 0.25) is 0 Å². The van der Waals surface area contributed by atoms with Crippen LogP contribution in [0.2, 0.25) is 0 Å². The third kappa shape index (κ3) is 2.23. The van der Waals surface area contributed by atoms with Crippen molar-refractivity contribution in [3.05, 3.63) is 58.6 Å². The summed E-state index contributed by atoms with van der Waals surface area (Å²) in [4.78, 5) is 13.9. The lowest BCUT2D eigenvalue weighted by molar-refractivity contribution is 0.608. The van der Waals surface area contributed by atoms with Gasteiger partial charge >= 0.3 is 0 Å². The van der Waals surface area contributed by atoms with E-state index in [1.165, 1.54) is 33.7 Å². The summed E-state index contributed by atoms with van der Waals surface area (Å²) in [5, 5.41) is 0. The third-order valence-electron chi connectivity index (χ3n) is 4.84. The first-order chi connectivity index (χ1) is 11.0. The Morgan fingerprint density at radius 3 is 2.83 bits per heavy atom. The lowest BCUT2D eigenvalue weighted by Gasteiger charge is -2.17. The maximum absolute atomic E-state index is 4.66. The highest BCUT2D eigenvalue weighted by atomic mass is 14.9. The normalized spacial score (nSPS) is 18.7. The molecule has 4 rings (SSSR count). The van der Waals surface area contributed by atoms with E-state index in [-0.39, 0.29) is 1.43 Å². The van der Waals surface area contributed by atoms with E-state index in [0.29, 0.717) is 11.8 Å². The van der Waals surface area contributed by atoms with Crippen molar-refractivity contribution in [2.24, 2.45) is 10.9 Å². The second-order valence-electron chi connectivity index (χ2n) is 6.88. The van der Waals surface area contributed by atoms with E-state index in [1.807, 2.05) is 13.1 Å². The molecule has 0 bridgehead atoms. The van der Waals surface area contributed by atoms with Gasteiger partial charge in [0.15, 0.2) is 5.82 Å². The van der Waals surface area contributed by atoms with Crippen molar-refractivity contribution in [2.45, 2.75) is 40.0 Å². The van der Waals surface area contributed by atoms with E-state index < -0.39 is 0 Å². The largest absolute Gasteiger partial charge is 0.257 e. The second kappa shape index (κ2) is 5.12. The minimum Gasteiger partial charge on any atom is -0.257 e. The van der Waals surface area contributed by atoms with Crippen LogP contribution in [0.1, 0.15) is 56.2 Å². The minimum absolute atomic E-state index is 0. The Kier molecular flexibility index (Phi) is 3.19. The average Bonchev–Trinajstić information content (AvgIpc) is 3.05. The lowest BCUT2D eigenvalue weighted by Crippen LogP contribution is -2.11. The molecule has 3 heterocycles. The van der Waals surface area contributed by atoms with Gasteiger partial charge in [0.1, 0.15) is 0 Å². The monoisotopic (exact) mass is 305 g/mol. The Hall–Kier alpha value is -2.29. The van der Waals surface area contributed by atoms with Gasteiger partial charge in [-0.1, -0.05) is 26.0 Å². The van der Waals surface area contributed by atoms with Crippen LogP contribution in [-0.2, 0) is 6.42 Å². The summed E-state index contributed by atoms with van der Waals surface area (Å²) in [6.45, 7) is 8.66. The molecule has 23 heavy (non-hydrogen) atoms. The Balaban J connectivity index is 0.00000169. The number of allylic oxidation sites excluding steroid dienone is 1. The average molecular weight is 305 g/mol. The summed E-state index contributed by atoms with van der Waals surface area (Å²) < 4.78 is 0. The van der Waals surface area contributed by atoms with Crippen LogP contribution in [0.4, 0.5) is 5.82 Å². The molecule has 3 heteroatoms. The molecule has 118 valence electrons. The maximum Gasteiger partial charge on any atom is 0.155 e. The van der Waals surface area contributed by atoms with Crippen LogP contribution in [0.3, 0.4) is 0 Å². The number of aliphatic imine (C=N–C) groups is 1. The molecule has 1 aliphatic heterocycles. The molecule has 0 radical (unpaired) electrons. The molecular formula is C20H23N3. The van der Waals surface area contributed by atoms with Gasteiger partial charge in [-0.2, -0.15) is 0 Å². The summed E-state index contributed by atoms with van der Waals surface area (Å²) in [6, 6.07) is 6.56. The molecule has 0 spiro atoms. The first-order valence-electron chi connectivity index (χ1n) is 8.27. The highest BCUT2D eigenvalue weighted by Gasteiger charge is 2.29. The van der Waals surface area contributed by atoms with Crippen LogP contribution in [0.5, 0.6) is 0 Å². The number of fused-ring (bicyclic) bond motifs is 2. The predicted molar refractivity (Wildman–Crippen MR) is 96.5 cm³/mol. The van der Waals surface area contributed by atoms with Crippen molar-refractivity contribution in [3.63, 3.8) is 0 Å². The summed E-state index contributed by atoms with van der Waals surface area (Å²) >= 11 is 0. The molecule has 0 saturated heterocycles. The standard InChI is InChI=1S/C20H21N3.H2/c1-11(2)19-13(4)23-20-17(19)9-14(10-21-20)15-7-8-18-16(15)6-5-12(3)22-18;/h5-7,9-11,19H,8H2,1-4H3;1H. The van der Waals surface area contributed by atoms with E-state index in [4.69, 9.17) is 0 Å². The molecule has 1 aliphatic carbocycles. The minimum atomic E-state index is 0. The van der Waals surface area contributed by atoms with Gasteiger partial charge in [0.25, 0.3) is 0 Å². The summed E-state index contributed by atoms with van der Waals surface area (Å²) in [5.41, 5.74) is 8.39. The van der Waals surface area contributed by atoms with E-state index in [2.05, 4.69) is 60.0 Å². The number of aryl methyl sites for hydroxylation is 1. The van der Waals surface area contributed by atoms with Gasteiger partial charge in [-0.25, -0.2) is 9.98 Å². The molecule has 1 unspecified atom stereocenters. The molecule has 2 aliphatic rings. The maximum atomic E-state index is 4.66. The summed E-state index contributed by atoms with van der Waals surface area (Å²) in [6.07, 6.45) is 5.14. The van der Waals surface area contributed by atoms with Crippen molar-refractivity contribution in [1.82, 2.24) is 9.97 Å². The number of aromatic nitrogens is 2. The van der Waals surface area contributed by atoms with Crippen LogP contribution in [0, 0.1) is 12.8 Å². The van der Waals surface area contributed by atoms with E-state index >= 15 is 0 Å². The molecule has 2 aromatic rings. The first kappa shape index (κ1) is 14.3. The second-order valence-corrected chi connectivity index (χ2v) is 6.88. The molecule has 0 amide bonds. The smallest absolute Gasteiger partial charge is 0.155 e. The van der Waals surface area contributed by atoms with Crippen molar-refractivity contribution < 1.29 is 1.43 Å². The fourth-order valence-corrected chi connectivity index (χ4v) is 3.84. The summed E-state index contributed by atoms with van der Waals surface area (Å²) in [5.74, 6) is 1.81. The number of rotatable bonds is 2. The van der Waals surface area contributed by atoms with E-state index in [9.17, 15) is 0 Å². The van der Waals surface area contributed by atoms with Gasteiger partial charge in [-0.05, 0) is 37.5 Å². The van der Waals surface area contributed by atoms with E-state index in [0.717, 1.165) is 17.9 Å². The zero-order valence-corrected chi connectivity index (χ0v) is 14.1. The molecule has 0 fully saturated rings. The SMILES string of the molecule is CC1=Nc2ncc(C3=CCc4nc(C)ccc43)cc2C1C(C)C.[HH]. The van der Waals surface area contributed by atoms with Crippen LogP contribution < -0.4 is 0 Å². The first-order valence-corrected chi connectivity index (χ1v) is 8.27. The number of nitrogens with zero attached hydrogens (tertiary/aromatic N) is 3. The zero-order valence-electron chi connectivity index (χ0n) is 14.1. The third-order valence-corrected chi connectivity index (χ3v) is 4.84. The number of hydrogen-bond acceptors (Lipinski definition) is 3. The van der Waals surface area contributed by atoms with Gasteiger partial charge in [-0.15, -0.1) is 0 Å². The molecule has 0 aromatic carbocycles. The fraction of sp³-hybridized carbons (Fsp3) is 0.350. The van der Waals surface area contributed by atoms with Gasteiger partial charge < -0.3 is 0 Å². The molecule has 0 saturated carbocycles. The van der Waals surface area contributed by atoms with Gasteiger partial charge in [0, 0.05) is 48.1 Å². The Labute approximate surface area is 138 Å². The van der Waals surface area contributed by atoms with Crippen molar-refractivity contribution in [3.8, 4) is 0 Å². The van der Waals surface area contributed by atoms with Crippen LogP contribution in [0.25, 0.3) is 5.57 Å². The van der Waals surface area contributed by atoms with Crippen LogP contribution >= 0.6 is 0 Å².